The zero-order valence-electron chi connectivity index (χ0n) is 11.4. The second-order valence-corrected chi connectivity index (χ2v) is 6.23. The number of benzene rings is 1. The minimum absolute atomic E-state index is 0.283. The number of aryl methyl sites for hydroxylation is 1. The molecular weight excluding hydrogens is 258 g/mol. The second kappa shape index (κ2) is 7.26. The Bertz CT molecular complexity index is 508. The molecule has 0 spiro atoms. The highest BCUT2D eigenvalue weighted by Crippen LogP contribution is 2.17. The van der Waals surface area contributed by atoms with E-state index in [1.54, 1.807) is 24.3 Å². The smallest absolute Gasteiger partial charge is 0.207 e. The zero-order valence-corrected chi connectivity index (χ0v) is 12.2. The van der Waals surface area contributed by atoms with Crippen molar-refractivity contribution in [3.8, 4) is 0 Å². The zero-order chi connectivity index (χ0) is 14.3. The van der Waals surface area contributed by atoms with Crippen molar-refractivity contribution in [3.63, 3.8) is 0 Å². The van der Waals surface area contributed by atoms with Crippen molar-refractivity contribution in [3.05, 3.63) is 55.1 Å². The summed E-state index contributed by atoms with van der Waals surface area (Å²) in [7, 11) is -3.47. The number of nitrogens with zero attached hydrogens (tertiary/aromatic N) is 1. The van der Waals surface area contributed by atoms with E-state index in [0.29, 0.717) is 4.90 Å². The molecule has 0 aliphatic carbocycles. The van der Waals surface area contributed by atoms with Crippen LogP contribution in [0.4, 0.5) is 0 Å². The fourth-order valence-corrected chi connectivity index (χ4v) is 3.21. The Morgan fingerprint density at radius 2 is 1.63 bits per heavy atom. The molecule has 0 radical (unpaired) electrons. The van der Waals surface area contributed by atoms with Crippen LogP contribution in [0.1, 0.15) is 18.9 Å². The normalized spacial score (nSPS) is 11.5. The molecule has 0 aliphatic rings. The molecule has 1 aromatic carbocycles. The maximum absolute atomic E-state index is 12.4. The van der Waals surface area contributed by atoms with E-state index in [4.69, 9.17) is 0 Å². The highest BCUT2D eigenvalue weighted by Gasteiger charge is 2.21. The molecule has 0 N–H and O–H groups in total. The third-order valence-corrected chi connectivity index (χ3v) is 4.61. The third kappa shape index (κ3) is 4.04. The van der Waals surface area contributed by atoms with Crippen molar-refractivity contribution in [2.45, 2.75) is 24.7 Å². The summed E-state index contributed by atoms with van der Waals surface area (Å²) in [6.07, 6.45) is 5.16. The van der Waals surface area contributed by atoms with Gasteiger partial charge in [-0.2, -0.15) is 4.31 Å². The van der Waals surface area contributed by atoms with Crippen molar-refractivity contribution in [1.82, 2.24) is 4.31 Å². The summed E-state index contributed by atoms with van der Waals surface area (Å²) in [6.45, 7) is 9.84. The van der Waals surface area contributed by atoms with E-state index in [-0.39, 0.29) is 13.1 Å². The lowest BCUT2D eigenvalue weighted by Crippen LogP contribution is -2.31. The van der Waals surface area contributed by atoms with Gasteiger partial charge in [0, 0.05) is 13.1 Å². The lowest BCUT2D eigenvalue weighted by molar-refractivity contribution is 0.474. The van der Waals surface area contributed by atoms with Crippen LogP contribution >= 0.6 is 0 Å². The fraction of sp³-hybridized carbons (Fsp3) is 0.333. The number of hydrogen-bond donors (Lipinski definition) is 0. The van der Waals surface area contributed by atoms with Crippen LogP contribution in [0.15, 0.2) is 54.5 Å². The van der Waals surface area contributed by atoms with Gasteiger partial charge < -0.3 is 0 Å². The maximum Gasteiger partial charge on any atom is 0.243 e. The molecule has 0 saturated heterocycles. The molecule has 0 amide bonds. The first-order valence-electron chi connectivity index (χ1n) is 6.37. The molecule has 104 valence electrons. The maximum atomic E-state index is 12.4. The molecule has 0 atom stereocenters. The van der Waals surface area contributed by atoms with Crippen LogP contribution in [-0.2, 0) is 16.4 Å². The molecule has 0 aliphatic heterocycles. The highest BCUT2D eigenvalue weighted by atomic mass is 32.2. The largest absolute Gasteiger partial charge is 0.243 e. The van der Waals surface area contributed by atoms with Gasteiger partial charge in [-0.05, 0) is 24.1 Å². The van der Waals surface area contributed by atoms with Crippen LogP contribution in [-0.4, -0.2) is 25.8 Å². The van der Waals surface area contributed by atoms with Gasteiger partial charge in [0.05, 0.1) is 4.90 Å². The summed E-state index contributed by atoms with van der Waals surface area (Å²) < 4.78 is 26.2. The van der Waals surface area contributed by atoms with Gasteiger partial charge in [-0.1, -0.05) is 37.6 Å². The van der Waals surface area contributed by atoms with Gasteiger partial charge in [-0.3, -0.25) is 0 Å². The van der Waals surface area contributed by atoms with Crippen LogP contribution in [0.5, 0.6) is 0 Å². The number of rotatable bonds is 8. The number of sulfonamides is 1. The fourth-order valence-electron chi connectivity index (χ4n) is 1.82. The van der Waals surface area contributed by atoms with E-state index in [1.807, 2.05) is 12.1 Å². The van der Waals surface area contributed by atoms with E-state index >= 15 is 0 Å². The lowest BCUT2D eigenvalue weighted by atomic mass is 10.1. The molecule has 0 aromatic heterocycles. The molecule has 19 heavy (non-hydrogen) atoms. The summed E-state index contributed by atoms with van der Waals surface area (Å²) in [5, 5.41) is 0. The molecule has 0 bridgehead atoms. The molecule has 0 saturated carbocycles. The Hall–Kier alpha value is -1.39. The average molecular weight is 279 g/mol. The molecule has 0 fully saturated rings. The van der Waals surface area contributed by atoms with Crippen molar-refractivity contribution < 1.29 is 8.42 Å². The molecule has 0 unspecified atom stereocenters. The Labute approximate surface area is 116 Å². The molecule has 1 aromatic rings. The van der Waals surface area contributed by atoms with Gasteiger partial charge in [-0.25, -0.2) is 8.42 Å². The average Bonchev–Trinajstić information content (AvgIpc) is 2.39. The molecule has 1 rings (SSSR count). The van der Waals surface area contributed by atoms with Crippen LogP contribution in [0.3, 0.4) is 0 Å². The molecule has 4 heteroatoms. The van der Waals surface area contributed by atoms with Crippen LogP contribution in [0.2, 0.25) is 0 Å². The topological polar surface area (TPSA) is 37.4 Å². The lowest BCUT2D eigenvalue weighted by Gasteiger charge is -2.19. The van der Waals surface area contributed by atoms with Crippen LogP contribution in [0, 0.1) is 0 Å². The molecule has 3 nitrogen and oxygen atoms in total. The van der Waals surface area contributed by atoms with Gasteiger partial charge in [0.2, 0.25) is 10.0 Å². The Kier molecular flexibility index (Phi) is 5.99. The van der Waals surface area contributed by atoms with Crippen LogP contribution in [0.25, 0.3) is 0 Å². The Morgan fingerprint density at radius 3 is 2.05 bits per heavy atom. The quantitative estimate of drug-likeness (QED) is 0.686. The van der Waals surface area contributed by atoms with Gasteiger partial charge in [-0.15, -0.1) is 13.2 Å². The summed E-state index contributed by atoms with van der Waals surface area (Å²) >= 11 is 0. The minimum Gasteiger partial charge on any atom is -0.207 e. The first kappa shape index (κ1) is 15.7. The van der Waals surface area contributed by atoms with Crippen molar-refractivity contribution in [1.29, 1.82) is 0 Å². The Morgan fingerprint density at radius 1 is 1.11 bits per heavy atom. The van der Waals surface area contributed by atoms with Crippen molar-refractivity contribution in [2.75, 3.05) is 13.1 Å². The van der Waals surface area contributed by atoms with Gasteiger partial charge in [0.15, 0.2) is 0 Å². The van der Waals surface area contributed by atoms with E-state index < -0.39 is 10.0 Å². The van der Waals surface area contributed by atoms with E-state index in [2.05, 4.69) is 20.1 Å². The van der Waals surface area contributed by atoms with E-state index in [0.717, 1.165) is 18.4 Å². The summed E-state index contributed by atoms with van der Waals surface area (Å²) in [4.78, 5) is 0.316. The first-order chi connectivity index (χ1) is 9.06. The minimum atomic E-state index is -3.47. The SMILES string of the molecule is C=CCN(CC=C)S(=O)(=O)c1ccc(CCC)cc1. The monoisotopic (exact) mass is 279 g/mol. The third-order valence-electron chi connectivity index (χ3n) is 2.77. The highest BCUT2D eigenvalue weighted by molar-refractivity contribution is 7.89. The first-order valence-corrected chi connectivity index (χ1v) is 7.81. The van der Waals surface area contributed by atoms with E-state index in [9.17, 15) is 8.42 Å². The van der Waals surface area contributed by atoms with Gasteiger partial charge in [0.1, 0.15) is 0 Å². The second-order valence-electron chi connectivity index (χ2n) is 4.29. The molecular formula is C15H21NO2S. The van der Waals surface area contributed by atoms with Gasteiger partial charge in [0.25, 0.3) is 0 Å². The van der Waals surface area contributed by atoms with Crippen molar-refractivity contribution in [2.24, 2.45) is 0 Å². The van der Waals surface area contributed by atoms with Crippen molar-refractivity contribution >= 4 is 10.0 Å². The molecule has 0 heterocycles. The predicted molar refractivity (Wildman–Crippen MR) is 79.6 cm³/mol. The standard InChI is InChI=1S/C15H21NO2S/c1-4-7-14-8-10-15(11-9-14)19(17,18)16(12-5-2)13-6-3/h5-6,8-11H,2-4,7,12-13H2,1H3. The summed E-state index contributed by atoms with van der Waals surface area (Å²) in [6, 6.07) is 7.08. The van der Waals surface area contributed by atoms with Gasteiger partial charge >= 0.3 is 0 Å². The number of hydrogen-bond acceptors (Lipinski definition) is 2. The Balaban J connectivity index is 3.03. The van der Waals surface area contributed by atoms with Crippen LogP contribution < -0.4 is 0 Å². The predicted octanol–water partition coefficient (Wildman–Crippen LogP) is 3.00. The summed E-state index contributed by atoms with van der Waals surface area (Å²) in [5.74, 6) is 0. The van der Waals surface area contributed by atoms with E-state index in [1.165, 1.54) is 4.31 Å². The summed E-state index contributed by atoms with van der Waals surface area (Å²) in [5.41, 5.74) is 1.15.